The lowest BCUT2D eigenvalue weighted by Crippen LogP contribution is -2.12. The average molecular weight is 314 g/mol. The average Bonchev–Trinajstić information content (AvgIpc) is 2.33. The molecular weight excluding hydrogens is 304 g/mol. The van der Waals surface area contributed by atoms with Crippen molar-refractivity contribution in [2.75, 3.05) is 5.32 Å². The lowest BCUT2D eigenvalue weighted by atomic mass is 10.2. The van der Waals surface area contributed by atoms with E-state index < -0.39 is 0 Å². The Hall–Kier alpha value is -1.39. The summed E-state index contributed by atoms with van der Waals surface area (Å²) in [5.74, 6) is -0.167. The normalized spacial score (nSPS) is 9.24. The molecule has 3 nitrogen and oxygen atoms in total. The van der Waals surface area contributed by atoms with Crippen molar-refractivity contribution in [2.24, 2.45) is 0 Å². The van der Waals surface area contributed by atoms with E-state index >= 15 is 0 Å². The fourth-order valence-corrected chi connectivity index (χ4v) is 1.64. The molecule has 1 amide bonds. The van der Waals surface area contributed by atoms with E-state index in [1.807, 2.05) is 24.3 Å². The van der Waals surface area contributed by atoms with Crippen LogP contribution in [-0.4, -0.2) is 10.9 Å². The van der Waals surface area contributed by atoms with Crippen molar-refractivity contribution in [3.05, 3.63) is 58.8 Å². The third-order valence-corrected chi connectivity index (χ3v) is 2.74. The van der Waals surface area contributed by atoms with Crippen LogP contribution in [0.2, 0.25) is 0 Å². The molecule has 1 N–H and O–H groups in total. The predicted octanol–water partition coefficient (Wildman–Crippen LogP) is 3.52. The summed E-state index contributed by atoms with van der Waals surface area (Å²) in [5.41, 5.74) is 1.29. The highest BCUT2D eigenvalue weighted by Gasteiger charge is 2.06. The molecule has 0 bridgehead atoms. The van der Waals surface area contributed by atoms with Crippen LogP contribution >= 0.6 is 28.3 Å². The zero-order chi connectivity index (χ0) is 11.4. The van der Waals surface area contributed by atoms with Crippen molar-refractivity contribution in [3.8, 4) is 0 Å². The van der Waals surface area contributed by atoms with Crippen molar-refractivity contribution in [1.29, 1.82) is 0 Å². The molecule has 2 rings (SSSR count). The van der Waals surface area contributed by atoms with Crippen molar-refractivity contribution in [3.63, 3.8) is 0 Å². The Balaban J connectivity index is 0.00000144. The van der Waals surface area contributed by atoms with Gasteiger partial charge in [0.2, 0.25) is 0 Å². The molecule has 17 heavy (non-hydrogen) atoms. The summed E-state index contributed by atoms with van der Waals surface area (Å²) in [4.78, 5) is 15.7. The second-order valence-electron chi connectivity index (χ2n) is 3.18. The maximum atomic E-state index is 11.8. The Labute approximate surface area is 114 Å². The van der Waals surface area contributed by atoms with Gasteiger partial charge in [-0.3, -0.25) is 9.78 Å². The van der Waals surface area contributed by atoms with E-state index in [1.165, 1.54) is 6.20 Å². The molecule has 0 saturated carbocycles. The van der Waals surface area contributed by atoms with Crippen LogP contribution < -0.4 is 5.32 Å². The van der Waals surface area contributed by atoms with Gasteiger partial charge in [0, 0.05) is 16.9 Å². The Morgan fingerprint density at radius 3 is 2.59 bits per heavy atom. The largest absolute Gasteiger partial charge is 0.321 e. The first-order valence-corrected chi connectivity index (χ1v) is 5.52. The van der Waals surface area contributed by atoms with Crippen LogP contribution in [0.5, 0.6) is 0 Å². The second-order valence-corrected chi connectivity index (χ2v) is 4.03. The van der Waals surface area contributed by atoms with E-state index in [1.54, 1.807) is 18.3 Å². The summed E-state index contributed by atoms with van der Waals surface area (Å²) in [6, 6.07) is 10.9. The van der Waals surface area contributed by atoms with Crippen molar-refractivity contribution < 1.29 is 4.79 Å². The van der Waals surface area contributed by atoms with Gasteiger partial charge in [0.15, 0.2) is 0 Å². The summed E-state index contributed by atoms with van der Waals surface area (Å²) >= 11 is 3.37. The van der Waals surface area contributed by atoms with Crippen LogP contribution in [0.4, 0.5) is 5.69 Å². The van der Waals surface area contributed by atoms with Crippen LogP contribution in [0, 0.1) is 0 Å². The minimum Gasteiger partial charge on any atom is -0.321 e. The molecule has 1 aromatic carbocycles. The molecule has 0 aliphatic heterocycles. The van der Waals surface area contributed by atoms with E-state index in [4.69, 9.17) is 0 Å². The molecule has 88 valence electrons. The number of aromatic nitrogens is 1. The standard InChI is InChI=1S/C12H9BrN2O.ClH/c13-10-5-1-2-6-11(10)15-12(16)9-4-3-7-14-8-9;/h1-8H,(H,15,16);1H. The number of carbonyl (C=O) groups is 1. The van der Waals surface area contributed by atoms with E-state index in [2.05, 4.69) is 26.2 Å². The molecular formula is C12H10BrClN2O. The number of carbonyl (C=O) groups excluding carboxylic acids is 1. The minimum absolute atomic E-state index is 0. The molecule has 0 spiro atoms. The molecule has 0 aliphatic carbocycles. The molecule has 2 aromatic rings. The first-order valence-electron chi connectivity index (χ1n) is 4.73. The van der Waals surface area contributed by atoms with E-state index in [9.17, 15) is 4.79 Å². The number of amides is 1. The SMILES string of the molecule is Cl.O=C(Nc1ccccc1Br)c1cccnc1. The maximum Gasteiger partial charge on any atom is 0.257 e. The molecule has 1 heterocycles. The van der Waals surface area contributed by atoms with Gasteiger partial charge in [0.1, 0.15) is 0 Å². The van der Waals surface area contributed by atoms with Crippen LogP contribution in [0.3, 0.4) is 0 Å². The lowest BCUT2D eigenvalue weighted by molar-refractivity contribution is 0.102. The van der Waals surface area contributed by atoms with E-state index in [0.717, 1.165) is 10.2 Å². The molecule has 0 aliphatic rings. The van der Waals surface area contributed by atoms with Gasteiger partial charge in [-0.25, -0.2) is 0 Å². The second kappa shape index (κ2) is 6.37. The highest BCUT2D eigenvalue weighted by molar-refractivity contribution is 9.10. The molecule has 0 atom stereocenters. The zero-order valence-electron chi connectivity index (χ0n) is 8.76. The maximum absolute atomic E-state index is 11.8. The highest BCUT2D eigenvalue weighted by atomic mass is 79.9. The number of rotatable bonds is 2. The summed E-state index contributed by atoms with van der Waals surface area (Å²) in [6.07, 6.45) is 3.17. The number of hydrogen-bond acceptors (Lipinski definition) is 2. The number of benzene rings is 1. The number of pyridine rings is 1. The van der Waals surface area contributed by atoms with E-state index in [-0.39, 0.29) is 18.3 Å². The number of nitrogens with zero attached hydrogens (tertiary/aromatic N) is 1. The highest BCUT2D eigenvalue weighted by Crippen LogP contribution is 2.21. The third-order valence-electron chi connectivity index (χ3n) is 2.05. The van der Waals surface area contributed by atoms with Gasteiger partial charge in [-0.1, -0.05) is 12.1 Å². The fraction of sp³-hybridized carbons (Fsp3) is 0. The number of nitrogens with one attached hydrogen (secondary N) is 1. The lowest BCUT2D eigenvalue weighted by Gasteiger charge is -2.06. The quantitative estimate of drug-likeness (QED) is 0.921. The Morgan fingerprint density at radius 1 is 1.18 bits per heavy atom. The molecule has 5 heteroatoms. The van der Waals surface area contributed by atoms with Crippen molar-refractivity contribution in [1.82, 2.24) is 4.98 Å². The van der Waals surface area contributed by atoms with Crippen LogP contribution in [-0.2, 0) is 0 Å². The van der Waals surface area contributed by atoms with E-state index in [0.29, 0.717) is 5.56 Å². The molecule has 0 saturated heterocycles. The number of anilines is 1. The van der Waals surface area contributed by atoms with Gasteiger partial charge in [0.25, 0.3) is 5.91 Å². The van der Waals surface area contributed by atoms with Crippen molar-refractivity contribution >= 4 is 39.9 Å². The van der Waals surface area contributed by atoms with Crippen molar-refractivity contribution in [2.45, 2.75) is 0 Å². The Bertz CT molecular complexity index is 505. The van der Waals surface area contributed by atoms with Gasteiger partial charge in [-0.05, 0) is 40.2 Å². The molecule has 0 unspecified atom stereocenters. The molecule has 1 aromatic heterocycles. The monoisotopic (exact) mass is 312 g/mol. The minimum atomic E-state index is -0.167. The molecule has 0 fully saturated rings. The predicted molar refractivity (Wildman–Crippen MR) is 73.6 cm³/mol. The first kappa shape index (κ1) is 13.7. The summed E-state index contributed by atoms with van der Waals surface area (Å²) < 4.78 is 0.854. The van der Waals surface area contributed by atoms with Gasteiger partial charge in [0.05, 0.1) is 11.3 Å². The van der Waals surface area contributed by atoms with Crippen LogP contribution in [0.1, 0.15) is 10.4 Å². The summed E-state index contributed by atoms with van der Waals surface area (Å²) in [6.45, 7) is 0. The topological polar surface area (TPSA) is 42.0 Å². The third kappa shape index (κ3) is 3.54. The number of para-hydroxylation sites is 1. The summed E-state index contributed by atoms with van der Waals surface area (Å²) in [5, 5.41) is 2.80. The smallest absolute Gasteiger partial charge is 0.257 e. The summed E-state index contributed by atoms with van der Waals surface area (Å²) in [7, 11) is 0. The van der Waals surface area contributed by atoms with Crippen LogP contribution in [0.25, 0.3) is 0 Å². The fourth-order valence-electron chi connectivity index (χ4n) is 1.25. The van der Waals surface area contributed by atoms with Gasteiger partial charge in [-0.2, -0.15) is 0 Å². The van der Waals surface area contributed by atoms with Gasteiger partial charge < -0.3 is 5.32 Å². The Morgan fingerprint density at radius 2 is 1.94 bits per heavy atom. The van der Waals surface area contributed by atoms with Gasteiger partial charge in [-0.15, -0.1) is 12.4 Å². The van der Waals surface area contributed by atoms with Crippen LogP contribution in [0.15, 0.2) is 53.3 Å². The zero-order valence-corrected chi connectivity index (χ0v) is 11.2. The molecule has 0 radical (unpaired) electrons. The number of hydrogen-bond donors (Lipinski definition) is 1. The van der Waals surface area contributed by atoms with Gasteiger partial charge >= 0.3 is 0 Å². The number of halogens is 2. The first-order chi connectivity index (χ1) is 7.77. The Kier molecular flexibility index (Phi) is 5.12.